The normalized spacial score (nSPS) is 11.3. The highest BCUT2D eigenvalue weighted by Gasteiger charge is 2.22. The fraction of sp³-hybridized carbons (Fsp3) is 0.300. The van der Waals surface area contributed by atoms with E-state index in [1.54, 1.807) is 17.0 Å². The van der Waals surface area contributed by atoms with Crippen molar-refractivity contribution in [2.75, 3.05) is 32.1 Å². The summed E-state index contributed by atoms with van der Waals surface area (Å²) in [4.78, 5) is 20.7. The number of rotatable bonds is 6. The van der Waals surface area contributed by atoms with Gasteiger partial charge in [0.2, 0.25) is 0 Å². The number of quaternary nitrogens is 1. The van der Waals surface area contributed by atoms with Crippen molar-refractivity contribution < 1.29 is 14.1 Å². The van der Waals surface area contributed by atoms with Gasteiger partial charge in [-0.25, -0.2) is 9.37 Å². The summed E-state index contributed by atoms with van der Waals surface area (Å²) in [5.74, 6) is -0.670. The third kappa shape index (κ3) is 4.64. The van der Waals surface area contributed by atoms with E-state index >= 15 is 0 Å². The minimum Gasteiger partial charge on any atom is -0.340 e. The van der Waals surface area contributed by atoms with Crippen LogP contribution in [-0.2, 0) is 0 Å². The van der Waals surface area contributed by atoms with E-state index in [-0.39, 0.29) is 5.91 Å². The molecule has 3 aromatic rings. The van der Waals surface area contributed by atoms with Crippen molar-refractivity contribution in [2.45, 2.75) is 13.3 Å². The van der Waals surface area contributed by atoms with Gasteiger partial charge in [0.15, 0.2) is 5.13 Å². The Hall–Kier alpha value is -2.02. The molecule has 0 fully saturated rings. The third-order valence-corrected chi connectivity index (χ3v) is 5.49. The van der Waals surface area contributed by atoms with Crippen LogP contribution in [0.25, 0.3) is 10.2 Å². The summed E-state index contributed by atoms with van der Waals surface area (Å²) in [6.07, 6.45) is 0.819. The number of aryl methyl sites for hydroxylation is 1. The predicted octanol–water partition coefficient (Wildman–Crippen LogP) is 3.58. The van der Waals surface area contributed by atoms with Gasteiger partial charge < -0.3 is 4.90 Å². The van der Waals surface area contributed by atoms with Crippen LogP contribution < -0.4 is 9.80 Å². The van der Waals surface area contributed by atoms with Gasteiger partial charge in [-0.2, -0.15) is 0 Å². The summed E-state index contributed by atoms with van der Waals surface area (Å²) in [6.45, 7) is 3.39. The van der Waals surface area contributed by atoms with E-state index in [4.69, 9.17) is 11.6 Å². The summed E-state index contributed by atoms with van der Waals surface area (Å²) in [7, 11) is 4.14. The van der Waals surface area contributed by atoms with Crippen LogP contribution in [0.5, 0.6) is 0 Å². The average Bonchev–Trinajstić information content (AvgIpc) is 3.02. The van der Waals surface area contributed by atoms with Crippen molar-refractivity contribution in [3.63, 3.8) is 0 Å². The maximum absolute atomic E-state index is 13.6. The van der Waals surface area contributed by atoms with Gasteiger partial charge in [0.05, 0.1) is 30.9 Å². The lowest BCUT2D eigenvalue weighted by Crippen LogP contribution is -3.05. The van der Waals surface area contributed by atoms with Gasteiger partial charge in [-0.1, -0.05) is 29.0 Å². The standard InChI is InChI=1S/C20H21ClFN3OS/c1-13-10-15(21)12-17-18(13)23-20(27-17)25(9-5-8-24(2)3)19(26)14-6-4-7-16(22)11-14/h4,6-7,10-12H,5,8-9H2,1-3H3/p+1. The molecule has 1 amide bonds. The molecule has 27 heavy (non-hydrogen) atoms. The van der Waals surface area contributed by atoms with Gasteiger partial charge in [-0.05, 0) is 42.8 Å². The summed E-state index contributed by atoms with van der Waals surface area (Å²) < 4.78 is 14.5. The fourth-order valence-corrected chi connectivity index (χ4v) is 4.35. The highest BCUT2D eigenvalue weighted by molar-refractivity contribution is 7.22. The van der Waals surface area contributed by atoms with Crippen molar-refractivity contribution in [2.24, 2.45) is 0 Å². The number of nitrogens with zero attached hydrogens (tertiary/aromatic N) is 2. The molecule has 0 saturated carbocycles. The van der Waals surface area contributed by atoms with Crippen LogP contribution in [0.2, 0.25) is 5.02 Å². The zero-order valence-electron chi connectivity index (χ0n) is 15.6. The van der Waals surface area contributed by atoms with Gasteiger partial charge >= 0.3 is 0 Å². The Labute approximate surface area is 167 Å². The van der Waals surface area contributed by atoms with E-state index in [9.17, 15) is 9.18 Å². The van der Waals surface area contributed by atoms with Crippen LogP contribution in [0.4, 0.5) is 9.52 Å². The van der Waals surface area contributed by atoms with Crippen molar-refractivity contribution in [1.29, 1.82) is 0 Å². The first kappa shape index (κ1) is 19.7. The molecule has 0 saturated heterocycles. The zero-order valence-corrected chi connectivity index (χ0v) is 17.1. The van der Waals surface area contributed by atoms with Crippen LogP contribution in [0, 0.1) is 12.7 Å². The third-order valence-electron chi connectivity index (χ3n) is 4.25. The molecule has 4 nitrogen and oxygen atoms in total. The molecule has 3 rings (SSSR count). The Balaban J connectivity index is 1.98. The van der Waals surface area contributed by atoms with Crippen molar-refractivity contribution >= 4 is 44.2 Å². The number of aromatic nitrogens is 1. The highest BCUT2D eigenvalue weighted by atomic mass is 35.5. The van der Waals surface area contributed by atoms with E-state index < -0.39 is 5.82 Å². The number of anilines is 1. The highest BCUT2D eigenvalue weighted by Crippen LogP contribution is 2.33. The first-order valence-corrected chi connectivity index (χ1v) is 9.98. The first-order chi connectivity index (χ1) is 12.8. The molecule has 0 spiro atoms. The van der Waals surface area contributed by atoms with Crippen LogP contribution in [0.15, 0.2) is 36.4 Å². The Kier molecular flexibility index (Phi) is 6.09. The lowest BCUT2D eigenvalue weighted by molar-refractivity contribution is -0.858. The van der Waals surface area contributed by atoms with Crippen molar-refractivity contribution in [3.8, 4) is 0 Å². The van der Waals surface area contributed by atoms with E-state index in [0.29, 0.717) is 22.3 Å². The number of nitrogens with one attached hydrogen (secondary N) is 1. The van der Waals surface area contributed by atoms with Gasteiger partial charge in [0.1, 0.15) is 5.82 Å². The number of thiazole rings is 1. The second-order valence-corrected chi connectivity index (χ2v) is 8.29. The number of hydrogen-bond donors (Lipinski definition) is 1. The second-order valence-electron chi connectivity index (χ2n) is 6.84. The Morgan fingerprint density at radius 1 is 1.30 bits per heavy atom. The van der Waals surface area contributed by atoms with Gasteiger partial charge in [0, 0.05) is 23.6 Å². The fourth-order valence-electron chi connectivity index (χ4n) is 2.91. The molecule has 2 aromatic carbocycles. The smallest absolute Gasteiger partial charge is 0.260 e. The molecule has 7 heteroatoms. The monoisotopic (exact) mass is 406 g/mol. The Bertz CT molecular complexity index is 973. The molecule has 0 aliphatic rings. The topological polar surface area (TPSA) is 37.6 Å². The van der Waals surface area contributed by atoms with E-state index in [1.165, 1.54) is 28.4 Å². The summed E-state index contributed by atoms with van der Waals surface area (Å²) in [6, 6.07) is 9.50. The minimum atomic E-state index is -0.425. The second kappa shape index (κ2) is 8.33. The van der Waals surface area contributed by atoms with Gasteiger partial charge in [-0.15, -0.1) is 0 Å². The molecule has 1 heterocycles. The lowest BCUT2D eigenvalue weighted by Gasteiger charge is -2.20. The van der Waals surface area contributed by atoms with Gasteiger partial charge in [-0.3, -0.25) is 9.69 Å². The van der Waals surface area contributed by atoms with Crippen molar-refractivity contribution in [3.05, 3.63) is 58.4 Å². The van der Waals surface area contributed by atoms with Gasteiger partial charge in [0.25, 0.3) is 5.91 Å². The van der Waals surface area contributed by atoms with E-state index in [2.05, 4.69) is 19.1 Å². The van der Waals surface area contributed by atoms with E-state index in [0.717, 1.165) is 28.7 Å². The molecule has 0 unspecified atom stereocenters. The molecule has 1 N–H and O–H groups in total. The SMILES string of the molecule is Cc1cc(Cl)cc2sc(N(CCC[NH+](C)C)C(=O)c3cccc(F)c3)nc12. The zero-order chi connectivity index (χ0) is 19.6. The predicted molar refractivity (Wildman–Crippen MR) is 110 cm³/mol. The Morgan fingerprint density at radius 3 is 2.78 bits per heavy atom. The molecule has 142 valence electrons. The largest absolute Gasteiger partial charge is 0.340 e. The maximum atomic E-state index is 13.6. The number of carbonyl (C=O) groups is 1. The van der Waals surface area contributed by atoms with E-state index in [1.807, 2.05) is 19.1 Å². The molecule has 0 atom stereocenters. The number of fused-ring (bicyclic) bond motifs is 1. The summed E-state index contributed by atoms with van der Waals surface area (Å²) in [5, 5.41) is 1.26. The van der Waals surface area contributed by atoms with Crippen LogP contribution >= 0.6 is 22.9 Å². The maximum Gasteiger partial charge on any atom is 0.260 e. The first-order valence-electron chi connectivity index (χ1n) is 8.78. The number of amides is 1. The lowest BCUT2D eigenvalue weighted by atomic mass is 10.2. The molecule has 0 bridgehead atoms. The molecular formula is C20H22ClFN3OS+. The number of carbonyl (C=O) groups excluding carboxylic acids is 1. The van der Waals surface area contributed by atoms with Crippen LogP contribution in [-0.4, -0.2) is 38.1 Å². The number of hydrogen-bond acceptors (Lipinski definition) is 3. The molecule has 1 aromatic heterocycles. The minimum absolute atomic E-state index is 0.244. The average molecular weight is 407 g/mol. The number of benzene rings is 2. The molecule has 0 aliphatic heterocycles. The number of halogens is 2. The Morgan fingerprint density at radius 2 is 2.07 bits per heavy atom. The van der Waals surface area contributed by atoms with Crippen LogP contribution in [0.1, 0.15) is 22.3 Å². The van der Waals surface area contributed by atoms with Crippen molar-refractivity contribution in [1.82, 2.24) is 4.98 Å². The molecule has 0 aliphatic carbocycles. The van der Waals surface area contributed by atoms with Crippen LogP contribution in [0.3, 0.4) is 0 Å². The molecule has 0 radical (unpaired) electrons. The summed E-state index contributed by atoms with van der Waals surface area (Å²) >= 11 is 7.59. The summed E-state index contributed by atoms with van der Waals surface area (Å²) in [5.41, 5.74) is 2.13. The molecular weight excluding hydrogens is 385 g/mol. The quantitative estimate of drug-likeness (QED) is 0.679.